The van der Waals surface area contributed by atoms with E-state index in [2.05, 4.69) is 21.2 Å². The predicted molar refractivity (Wildman–Crippen MR) is 61.0 cm³/mol. The van der Waals surface area contributed by atoms with E-state index in [4.69, 9.17) is 0 Å². The number of ketones is 1. The number of hydrogen-bond acceptors (Lipinski definition) is 3. The van der Waals surface area contributed by atoms with Gasteiger partial charge in [0.1, 0.15) is 11.9 Å². The van der Waals surface area contributed by atoms with Crippen LogP contribution in [0.1, 0.15) is 0 Å². The third-order valence-electron chi connectivity index (χ3n) is 1.76. The van der Waals surface area contributed by atoms with E-state index in [1.54, 1.807) is 11.1 Å². The summed E-state index contributed by atoms with van der Waals surface area (Å²) in [6, 6.07) is -0.527. The monoisotopic (exact) mass is 274 g/mol. The molecule has 0 aromatic heterocycles. The SMILES string of the molecule is CN(C)/C=C/C(=O)C1NC=C(F)C=C1Br. The molecule has 0 amide bonds. The maximum Gasteiger partial charge on any atom is 0.184 e. The molecule has 0 bridgehead atoms. The second kappa shape index (κ2) is 5.11. The van der Waals surface area contributed by atoms with Crippen molar-refractivity contribution in [1.29, 1.82) is 0 Å². The average Bonchev–Trinajstić information content (AvgIpc) is 2.14. The van der Waals surface area contributed by atoms with Gasteiger partial charge >= 0.3 is 0 Å². The van der Waals surface area contributed by atoms with Gasteiger partial charge in [0.15, 0.2) is 5.78 Å². The third kappa shape index (κ3) is 3.51. The Morgan fingerprint density at radius 1 is 1.67 bits per heavy atom. The summed E-state index contributed by atoms with van der Waals surface area (Å²) in [5.74, 6) is -0.530. The number of nitrogens with one attached hydrogen (secondary N) is 1. The first kappa shape index (κ1) is 12.0. The number of halogens is 2. The normalized spacial score (nSPS) is 20.7. The van der Waals surface area contributed by atoms with Crippen molar-refractivity contribution in [2.24, 2.45) is 0 Å². The largest absolute Gasteiger partial charge is 0.383 e. The first-order valence-corrected chi connectivity index (χ1v) is 5.17. The summed E-state index contributed by atoms with van der Waals surface area (Å²) in [6.45, 7) is 0. The van der Waals surface area contributed by atoms with E-state index >= 15 is 0 Å². The Labute approximate surface area is 96.5 Å². The Hall–Kier alpha value is -1.10. The van der Waals surface area contributed by atoms with E-state index in [9.17, 15) is 9.18 Å². The minimum Gasteiger partial charge on any atom is -0.383 e. The van der Waals surface area contributed by atoms with Crippen LogP contribution in [0.25, 0.3) is 0 Å². The molecule has 3 nitrogen and oxygen atoms in total. The molecule has 0 aromatic rings. The molecular formula is C10H12BrFN2O. The molecule has 82 valence electrons. The summed E-state index contributed by atoms with van der Waals surface area (Å²) in [5.41, 5.74) is 0. The number of allylic oxidation sites excluding steroid dienone is 2. The smallest absolute Gasteiger partial charge is 0.184 e. The fourth-order valence-electron chi connectivity index (χ4n) is 1.04. The van der Waals surface area contributed by atoms with Crippen molar-refractivity contribution in [1.82, 2.24) is 10.2 Å². The van der Waals surface area contributed by atoms with Crippen LogP contribution in [0.2, 0.25) is 0 Å². The summed E-state index contributed by atoms with van der Waals surface area (Å²) in [4.78, 5) is 13.4. The van der Waals surface area contributed by atoms with E-state index in [1.807, 2.05) is 14.1 Å². The van der Waals surface area contributed by atoms with Crippen molar-refractivity contribution in [3.05, 3.63) is 34.9 Å². The zero-order chi connectivity index (χ0) is 11.4. The Kier molecular flexibility index (Phi) is 4.08. The molecule has 0 saturated heterocycles. The lowest BCUT2D eigenvalue weighted by Gasteiger charge is -2.17. The van der Waals surface area contributed by atoms with Gasteiger partial charge in [-0.25, -0.2) is 4.39 Å². The standard InChI is InChI=1S/C10H12BrFN2O/c1-14(2)4-3-9(15)10-8(11)5-7(12)6-13-10/h3-6,10,13H,1-2H3/b4-3+. The molecule has 0 fully saturated rings. The highest BCUT2D eigenvalue weighted by molar-refractivity contribution is 9.11. The fraction of sp³-hybridized carbons (Fsp3) is 0.300. The van der Waals surface area contributed by atoms with Crippen LogP contribution in [0.4, 0.5) is 4.39 Å². The molecule has 0 aromatic carbocycles. The van der Waals surface area contributed by atoms with Crippen molar-refractivity contribution < 1.29 is 9.18 Å². The Balaban J connectivity index is 2.68. The first-order chi connectivity index (χ1) is 7.00. The molecule has 0 spiro atoms. The summed E-state index contributed by atoms with van der Waals surface area (Å²) in [5, 5.41) is 2.67. The lowest BCUT2D eigenvalue weighted by molar-refractivity contribution is -0.115. The van der Waals surface area contributed by atoms with Crippen LogP contribution < -0.4 is 5.32 Å². The minimum absolute atomic E-state index is 0.129. The topological polar surface area (TPSA) is 32.3 Å². The number of rotatable bonds is 3. The van der Waals surface area contributed by atoms with E-state index in [-0.39, 0.29) is 5.78 Å². The molecule has 1 aliphatic rings. The van der Waals surface area contributed by atoms with Crippen LogP contribution in [0.15, 0.2) is 34.9 Å². The Morgan fingerprint density at radius 2 is 2.33 bits per heavy atom. The van der Waals surface area contributed by atoms with E-state index < -0.39 is 11.9 Å². The van der Waals surface area contributed by atoms with Gasteiger partial charge in [-0.05, 0) is 12.2 Å². The number of carbonyl (C=O) groups is 1. The van der Waals surface area contributed by atoms with E-state index in [0.717, 1.165) is 0 Å². The van der Waals surface area contributed by atoms with Gasteiger partial charge in [-0.3, -0.25) is 4.79 Å². The molecule has 1 unspecified atom stereocenters. The molecule has 0 radical (unpaired) electrons. The summed E-state index contributed by atoms with van der Waals surface area (Å²) >= 11 is 3.15. The van der Waals surface area contributed by atoms with Crippen LogP contribution >= 0.6 is 15.9 Å². The first-order valence-electron chi connectivity index (χ1n) is 4.38. The maximum atomic E-state index is 12.7. The minimum atomic E-state index is -0.527. The third-order valence-corrected chi connectivity index (χ3v) is 2.45. The van der Waals surface area contributed by atoms with Crippen LogP contribution in [0.5, 0.6) is 0 Å². The van der Waals surface area contributed by atoms with Crippen LogP contribution in [-0.2, 0) is 4.79 Å². The second-order valence-electron chi connectivity index (χ2n) is 3.34. The van der Waals surface area contributed by atoms with Gasteiger partial charge in [0.25, 0.3) is 0 Å². The van der Waals surface area contributed by atoms with Gasteiger partial charge in [0, 0.05) is 31.0 Å². The molecule has 15 heavy (non-hydrogen) atoms. The number of hydrogen-bond donors (Lipinski definition) is 1. The molecular weight excluding hydrogens is 263 g/mol. The van der Waals surface area contributed by atoms with Gasteiger partial charge in [-0.2, -0.15) is 0 Å². The highest BCUT2D eigenvalue weighted by Gasteiger charge is 2.21. The molecule has 1 N–H and O–H groups in total. The number of carbonyl (C=O) groups excluding carboxylic acids is 1. The predicted octanol–water partition coefficient (Wildman–Crippen LogP) is 1.69. The fourth-order valence-corrected chi connectivity index (χ4v) is 1.61. The zero-order valence-corrected chi connectivity index (χ0v) is 10.1. The zero-order valence-electron chi connectivity index (χ0n) is 8.50. The van der Waals surface area contributed by atoms with Gasteiger partial charge in [-0.15, -0.1) is 0 Å². The van der Waals surface area contributed by atoms with Gasteiger partial charge < -0.3 is 10.2 Å². The highest BCUT2D eigenvalue weighted by Crippen LogP contribution is 2.19. The van der Waals surface area contributed by atoms with Crippen molar-refractivity contribution in [2.75, 3.05) is 14.1 Å². The lowest BCUT2D eigenvalue weighted by atomic mass is 10.1. The summed E-state index contributed by atoms with van der Waals surface area (Å²) < 4.78 is 13.2. The van der Waals surface area contributed by atoms with Crippen molar-refractivity contribution in [3.63, 3.8) is 0 Å². The average molecular weight is 275 g/mol. The van der Waals surface area contributed by atoms with Crippen molar-refractivity contribution in [2.45, 2.75) is 6.04 Å². The molecule has 0 aliphatic carbocycles. The quantitative estimate of drug-likeness (QED) is 0.795. The van der Waals surface area contributed by atoms with Crippen molar-refractivity contribution in [3.8, 4) is 0 Å². The molecule has 5 heteroatoms. The van der Waals surface area contributed by atoms with E-state index in [1.165, 1.54) is 18.4 Å². The van der Waals surface area contributed by atoms with Gasteiger partial charge in [-0.1, -0.05) is 15.9 Å². The molecule has 1 rings (SSSR count). The summed E-state index contributed by atoms with van der Waals surface area (Å²) in [7, 11) is 3.64. The molecule has 1 aliphatic heterocycles. The maximum absolute atomic E-state index is 12.7. The molecule has 1 heterocycles. The van der Waals surface area contributed by atoms with E-state index in [0.29, 0.717) is 4.48 Å². The Bertz CT molecular complexity index is 347. The van der Waals surface area contributed by atoms with Gasteiger partial charge in [0.05, 0.1) is 0 Å². The van der Waals surface area contributed by atoms with Gasteiger partial charge in [0.2, 0.25) is 0 Å². The van der Waals surface area contributed by atoms with Crippen LogP contribution in [0, 0.1) is 0 Å². The highest BCUT2D eigenvalue weighted by atomic mass is 79.9. The Morgan fingerprint density at radius 3 is 2.87 bits per heavy atom. The molecule has 1 atom stereocenters. The molecule has 0 saturated carbocycles. The van der Waals surface area contributed by atoms with Crippen LogP contribution in [-0.4, -0.2) is 30.8 Å². The van der Waals surface area contributed by atoms with Crippen molar-refractivity contribution >= 4 is 21.7 Å². The second-order valence-corrected chi connectivity index (χ2v) is 4.26. The number of dihydropyridines is 1. The summed E-state index contributed by atoms with van der Waals surface area (Å²) in [6.07, 6.45) is 5.56. The lowest BCUT2D eigenvalue weighted by Crippen LogP contribution is -2.34. The van der Waals surface area contributed by atoms with Crippen LogP contribution in [0.3, 0.4) is 0 Å². The number of nitrogens with zero attached hydrogens (tertiary/aromatic N) is 1.